The van der Waals surface area contributed by atoms with E-state index in [1.807, 2.05) is 31.2 Å². The van der Waals surface area contributed by atoms with E-state index >= 15 is 0 Å². The van der Waals surface area contributed by atoms with Crippen molar-refractivity contribution in [3.8, 4) is 34.1 Å². The number of rotatable bonds is 13. The molecule has 0 aromatic heterocycles. The lowest BCUT2D eigenvalue weighted by Crippen LogP contribution is -2.27. The highest BCUT2D eigenvalue weighted by molar-refractivity contribution is 6.02. The van der Waals surface area contributed by atoms with Crippen LogP contribution in [0.2, 0.25) is 0 Å². The average Bonchev–Trinajstić information content (AvgIpc) is 2.99. The Morgan fingerprint density at radius 1 is 0.927 bits per heavy atom. The van der Waals surface area contributed by atoms with Crippen LogP contribution in [0.4, 0.5) is 16.2 Å². The fourth-order valence-corrected chi connectivity index (χ4v) is 4.45. The Morgan fingerprint density at radius 2 is 1.66 bits per heavy atom. The summed E-state index contributed by atoms with van der Waals surface area (Å²) in [5.74, 6) is 2.21. The van der Waals surface area contributed by atoms with Gasteiger partial charge in [-0.3, -0.25) is 0 Å². The number of anilines is 2. The minimum Gasteiger partial charge on any atom is -0.496 e. The Kier molecular flexibility index (Phi) is 11.2. The minimum atomic E-state index is -0.413. The van der Waals surface area contributed by atoms with Crippen molar-refractivity contribution in [2.45, 2.75) is 27.7 Å². The Balaban J connectivity index is 1.81. The molecule has 0 fully saturated rings. The summed E-state index contributed by atoms with van der Waals surface area (Å²) in [4.78, 5) is 15.3. The maximum atomic E-state index is 13.0. The van der Waals surface area contributed by atoms with E-state index in [1.165, 1.54) is 7.11 Å². The van der Waals surface area contributed by atoms with Crippen molar-refractivity contribution in [2.75, 3.05) is 58.2 Å². The number of benzene rings is 3. The topological polar surface area (TPSA) is 114 Å². The fourth-order valence-electron chi connectivity index (χ4n) is 4.45. The van der Waals surface area contributed by atoms with Gasteiger partial charge in [0.25, 0.3) is 0 Å². The number of carbonyl (C=O) groups excluding carboxylic acids is 1. The quantitative estimate of drug-likeness (QED) is 0.128. The number of carbonyl (C=O) groups is 1. The van der Waals surface area contributed by atoms with Crippen LogP contribution in [0, 0.1) is 6.92 Å². The summed E-state index contributed by atoms with van der Waals surface area (Å²) in [6.07, 6.45) is 0. The van der Waals surface area contributed by atoms with Gasteiger partial charge in [0, 0.05) is 35.1 Å². The summed E-state index contributed by atoms with van der Waals surface area (Å²) in [6.45, 7) is 11.3. The minimum absolute atomic E-state index is 0.413. The third kappa shape index (κ3) is 7.82. The van der Waals surface area contributed by atoms with Crippen LogP contribution >= 0.6 is 0 Å². The molecule has 10 nitrogen and oxygen atoms in total. The van der Waals surface area contributed by atoms with E-state index in [-0.39, 0.29) is 0 Å². The second kappa shape index (κ2) is 14.8. The number of likely N-dealkylation sites (N-methyl/N-ethyl adjacent to an activating group) is 1. The maximum Gasteiger partial charge on any atom is 0.323 e. The molecule has 0 aliphatic carbocycles. The van der Waals surface area contributed by atoms with Gasteiger partial charge in [0.05, 0.1) is 27.0 Å². The van der Waals surface area contributed by atoms with Gasteiger partial charge in [-0.2, -0.15) is 0 Å². The summed E-state index contributed by atoms with van der Waals surface area (Å²) in [7, 11) is 4.63. The van der Waals surface area contributed by atoms with Gasteiger partial charge in [-0.1, -0.05) is 25.1 Å². The highest BCUT2D eigenvalue weighted by atomic mass is 16.5. The first-order valence-electron chi connectivity index (χ1n) is 13.5. The normalized spacial score (nSPS) is 11.3. The van der Waals surface area contributed by atoms with E-state index < -0.39 is 6.03 Å². The molecule has 0 unspecified atom stereocenters. The molecule has 2 amide bonds. The summed E-state index contributed by atoms with van der Waals surface area (Å²) >= 11 is 0. The summed E-state index contributed by atoms with van der Waals surface area (Å²) in [5, 5.41) is 18.3. The van der Waals surface area contributed by atoms with Crippen molar-refractivity contribution in [1.29, 1.82) is 0 Å². The zero-order chi connectivity index (χ0) is 29.9. The molecule has 0 aliphatic heterocycles. The Bertz CT molecular complexity index is 1370. The first-order valence-corrected chi connectivity index (χ1v) is 13.5. The van der Waals surface area contributed by atoms with Crippen molar-refractivity contribution >= 4 is 23.1 Å². The highest BCUT2D eigenvalue weighted by Gasteiger charge is 2.18. The van der Waals surface area contributed by atoms with Crippen molar-refractivity contribution in [3.63, 3.8) is 0 Å². The van der Waals surface area contributed by atoms with Crippen LogP contribution in [-0.2, 0) is 0 Å². The van der Waals surface area contributed by atoms with E-state index in [2.05, 4.69) is 34.5 Å². The number of oxime groups is 1. The first-order chi connectivity index (χ1) is 19.8. The largest absolute Gasteiger partial charge is 0.496 e. The van der Waals surface area contributed by atoms with Gasteiger partial charge in [-0.25, -0.2) is 4.79 Å². The molecule has 0 spiro atoms. The van der Waals surface area contributed by atoms with Crippen LogP contribution < -0.4 is 29.6 Å². The van der Waals surface area contributed by atoms with Crippen LogP contribution in [0.15, 0.2) is 53.7 Å². The number of hydrogen-bond acceptors (Lipinski definition) is 8. The predicted octanol–water partition coefficient (Wildman–Crippen LogP) is 6.25. The van der Waals surface area contributed by atoms with E-state index in [1.54, 1.807) is 45.4 Å². The molecular weight excluding hydrogens is 524 g/mol. The van der Waals surface area contributed by atoms with Crippen molar-refractivity contribution in [3.05, 3.63) is 59.7 Å². The third-order valence-corrected chi connectivity index (χ3v) is 6.81. The van der Waals surface area contributed by atoms with E-state index in [4.69, 9.17) is 18.9 Å². The van der Waals surface area contributed by atoms with Gasteiger partial charge in [0.15, 0.2) is 11.5 Å². The molecule has 220 valence electrons. The molecule has 0 atom stereocenters. The number of amides is 2. The van der Waals surface area contributed by atoms with Crippen LogP contribution in [-0.4, -0.2) is 69.4 Å². The molecule has 0 saturated heterocycles. The zero-order valence-electron chi connectivity index (χ0n) is 24.8. The fraction of sp³-hybridized carbons (Fsp3) is 0.355. The van der Waals surface area contributed by atoms with Crippen LogP contribution in [0.1, 0.15) is 31.9 Å². The molecule has 10 heteroatoms. The Labute approximate surface area is 241 Å². The van der Waals surface area contributed by atoms with E-state index in [9.17, 15) is 10.0 Å². The number of ether oxygens (including phenoxy) is 4. The van der Waals surface area contributed by atoms with Gasteiger partial charge >= 0.3 is 6.03 Å². The van der Waals surface area contributed by atoms with Gasteiger partial charge in [-0.05, 0) is 74.5 Å². The lowest BCUT2D eigenvalue weighted by atomic mass is 9.99. The molecule has 41 heavy (non-hydrogen) atoms. The summed E-state index contributed by atoms with van der Waals surface area (Å²) in [6, 6.07) is 14.1. The van der Waals surface area contributed by atoms with Gasteiger partial charge < -0.3 is 39.7 Å². The van der Waals surface area contributed by atoms with Crippen LogP contribution in [0.5, 0.6) is 23.0 Å². The number of urea groups is 1. The summed E-state index contributed by atoms with van der Waals surface area (Å²) in [5.41, 5.74) is 4.53. The Morgan fingerprint density at radius 3 is 2.27 bits per heavy atom. The molecule has 3 aromatic carbocycles. The second-order valence-corrected chi connectivity index (χ2v) is 9.29. The molecule has 0 radical (unpaired) electrons. The van der Waals surface area contributed by atoms with Gasteiger partial charge in [-0.15, -0.1) is 0 Å². The molecule has 0 aliphatic rings. The number of methoxy groups -OCH3 is 3. The number of hydrogen-bond donors (Lipinski definition) is 3. The lowest BCUT2D eigenvalue weighted by molar-refractivity contribution is 0.223. The Hall–Kier alpha value is -4.44. The smallest absolute Gasteiger partial charge is 0.323 e. The monoisotopic (exact) mass is 564 g/mol. The number of nitrogens with zero attached hydrogens (tertiary/aromatic N) is 2. The van der Waals surface area contributed by atoms with Crippen molar-refractivity contribution in [1.82, 2.24) is 4.90 Å². The standard InChI is InChI=1S/C31H40N4O6/c1-8-35(9-2)14-15-41-24-11-13-27(20(3)16-24)33-31(36)32-23-18-26(30(40-7)29(19-23)39-6)22-10-12-25(21(4)34-37)28(17-22)38-5/h10-13,16-19,37H,8-9,14-15H2,1-7H3,(H2,32,33,36)/b34-21+. The van der Waals surface area contributed by atoms with Crippen LogP contribution in [0.25, 0.3) is 11.1 Å². The molecule has 0 heterocycles. The van der Waals surface area contributed by atoms with Crippen molar-refractivity contribution < 1.29 is 28.9 Å². The molecule has 0 saturated carbocycles. The van der Waals surface area contributed by atoms with Crippen molar-refractivity contribution in [2.24, 2.45) is 5.16 Å². The second-order valence-electron chi connectivity index (χ2n) is 9.29. The predicted molar refractivity (Wildman–Crippen MR) is 163 cm³/mol. The molecule has 3 N–H and O–H groups in total. The molecule has 3 rings (SSSR count). The van der Waals surface area contributed by atoms with E-state index in [0.717, 1.165) is 36.5 Å². The van der Waals surface area contributed by atoms with Gasteiger partial charge in [0.2, 0.25) is 0 Å². The average molecular weight is 565 g/mol. The summed E-state index contributed by atoms with van der Waals surface area (Å²) < 4.78 is 22.7. The van der Waals surface area contributed by atoms with Crippen LogP contribution in [0.3, 0.4) is 0 Å². The zero-order valence-corrected chi connectivity index (χ0v) is 24.8. The lowest BCUT2D eigenvalue weighted by Gasteiger charge is -2.18. The number of nitrogens with one attached hydrogen (secondary N) is 2. The highest BCUT2D eigenvalue weighted by Crippen LogP contribution is 2.42. The first kappa shape index (κ1) is 31.1. The molecule has 0 bridgehead atoms. The third-order valence-electron chi connectivity index (χ3n) is 6.81. The van der Waals surface area contributed by atoms with E-state index in [0.29, 0.717) is 52.1 Å². The van der Waals surface area contributed by atoms with Gasteiger partial charge in [0.1, 0.15) is 18.1 Å². The maximum absolute atomic E-state index is 13.0. The number of aryl methyl sites for hydroxylation is 1. The molecular formula is C31H40N4O6. The molecule has 3 aromatic rings. The SMILES string of the molecule is CCN(CC)CCOc1ccc(NC(=O)Nc2cc(OC)c(OC)c(-c3ccc(/C(C)=N/O)c(OC)c3)c2)c(C)c1.